The zero-order valence-corrected chi connectivity index (χ0v) is 12.0. The van der Waals surface area contributed by atoms with Crippen LogP contribution in [-0.4, -0.2) is 16.6 Å². The van der Waals surface area contributed by atoms with Gasteiger partial charge < -0.3 is 10.4 Å². The van der Waals surface area contributed by atoms with E-state index in [0.29, 0.717) is 10.6 Å². The van der Waals surface area contributed by atoms with Gasteiger partial charge in [0, 0.05) is 19.2 Å². The van der Waals surface area contributed by atoms with E-state index in [0.717, 1.165) is 5.56 Å². The van der Waals surface area contributed by atoms with Crippen molar-refractivity contribution in [2.75, 3.05) is 6.54 Å². The molecule has 0 aromatic heterocycles. The number of benzene rings is 2. The van der Waals surface area contributed by atoms with Crippen molar-refractivity contribution in [2.45, 2.75) is 12.6 Å². The molecule has 0 saturated carbocycles. The summed E-state index contributed by atoms with van der Waals surface area (Å²) in [6, 6.07) is 13.8. The summed E-state index contributed by atoms with van der Waals surface area (Å²) in [7, 11) is 0. The van der Waals surface area contributed by atoms with Crippen LogP contribution in [0.5, 0.6) is 0 Å². The molecule has 0 fully saturated rings. The summed E-state index contributed by atoms with van der Waals surface area (Å²) in [5.41, 5.74) is 1.19. The summed E-state index contributed by atoms with van der Waals surface area (Å²) in [6.45, 7) is 0.506. The monoisotopic (exact) mass is 306 g/mol. The summed E-state index contributed by atoms with van der Waals surface area (Å²) < 4.78 is 0. The van der Waals surface area contributed by atoms with Gasteiger partial charge in [0.1, 0.15) is 0 Å². The maximum absolute atomic E-state index is 11.0. The lowest BCUT2D eigenvalue weighted by molar-refractivity contribution is -0.385. The second kappa shape index (κ2) is 7.17. The van der Waals surface area contributed by atoms with Gasteiger partial charge in [0.15, 0.2) is 0 Å². The van der Waals surface area contributed by atoms with Crippen molar-refractivity contribution in [1.29, 1.82) is 0 Å². The van der Waals surface area contributed by atoms with Crippen molar-refractivity contribution in [2.24, 2.45) is 0 Å². The molecule has 0 amide bonds. The molecule has 0 aliphatic carbocycles. The van der Waals surface area contributed by atoms with E-state index < -0.39 is 11.0 Å². The third kappa shape index (κ3) is 4.01. The second-order valence-corrected chi connectivity index (χ2v) is 4.96. The quantitative estimate of drug-likeness (QED) is 0.635. The molecule has 5 nitrogen and oxygen atoms in total. The first-order valence-electron chi connectivity index (χ1n) is 6.45. The van der Waals surface area contributed by atoms with Crippen LogP contribution >= 0.6 is 11.6 Å². The van der Waals surface area contributed by atoms with Gasteiger partial charge in [-0.25, -0.2) is 0 Å². The molecule has 2 aromatic carbocycles. The van der Waals surface area contributed by atoms with Gasteiger partial charge in [0.05, 0.1) is 21.6 Å². The third-order valence-electron chi connectivity index (χ3n) is 3.11. The van der Waals surface area contributed by atoms with Crippen molar-refractivity contribution in [3.05, 3.63) is 74.8 Å². The summed E-state index contributed by atoms with van der Waals surface area (Å²) in [5.74, 6) is 0. The number of rotatable bonds is 6. The molecule has 0 heterocycles. The lowest BCUT2D eigenvalue weighted by Crippen LogP contribution is -2.21. The standard InChI is InChI=1S/C15H15ClN2O3/c16-13-7-4-8-14(18(20)21)12(13)9-17-10-15(19)11-5-2-1-3-6-11/h1-8,15,17,19H,9-10H2. The number of aliphatic hydroxyl groups excluding tert-OH is 1. The maximum Gasteiger partial charge on any atom is 0.275 e. The zero-order valence-electron chi connectivity index (χ0n) is 11.2. The number of nitro groups is 1. The molecule has 1 unspecified atom stereocenters. The number of halogens is 1. The predicted molar refractivity (Wildman–Crippen MR) is 81.2 cm³/mol. The number of nitrogens with zero attached hydrogens (tertiary/aromatic N) is 1. The van der Waals surface area contributed by atoms with Crippen LogP contribution in [0.3, 0.4) is 0 Å². The molecular weight excluding hydrogens is 292 g/mol. The van der Waals surface area contributed by atoms with Gasteiger partial charge in [-0.15, -0.1) is 0 Å². The second-order valence-electron chi connectivity index (χ2n) is 4.55. The lowest BCUT2D eigenvalue weighted by Gasteiger charge is -2.12. The lowest BCUT2D eigenvalue weighted by atomic mass is 10.1. The molecule has 2 aromatic rings. The van der Waals surface area contributed by atoms with E-state index >= 15 is 0 Å². The van der Waals surface area contributed by atoms with Crippen LogP contribution in [0.4, 0.5) is 5.69 Å². The molecule has 0 spiro atoms. The minimum Gasteiger partial charge on any atom is -0.387 e. The van der Waals surface area contributed by atoms with Gasteiger partial charge in [-0.1, -0.05) is 48.0 Å². The Bertz CT molecular complexity index is 620. The fraction of sp³-hybridized carbons (Fsp3) is 0.200. The SMILES string of the molecule is O=[N+]([O-])c1cccc(Cl)c1CNCC(O)c1ccccc1. The van der Waals surface area contributed by atoms with Crippen LogP contribution in [0.15, 0.2) is 48.5 Å². The van der Waals surface area contributed by atoms with Crippen molar-refractivity contribution in [1.82, 2.24) is 5.32 Å². The molecule has 0 aliphatic rings. The highest BCUT2D eigenvalue weighted by atomic mass is 35.5. The molecular formula is C15H15ClN2O3. The van der Waals surface area contributed by atoms with Crippen LogP contribution in [0.2, 0.25) is 5.02 Å². The molecule has 21 heavy (non-hydrogen) atoms. The Kier molecular flexibility index (Phi) is 5.27. The van der Waals surface area contributed by atoms with E-state index in [-0.39, 0.29) is 18.8 Å². The van der Waals surface area contributed by atoms with Gasteiger partial charge in [-0.2, -0.15) is 0 Å². The summed E-state index contributed by atoms with van der Waals surface area (Å²) in [6.07, 6.45) is -0.673. The first-order chi connectivity index (χ1) is 10.1. The number of hydrogen-bond acceptors (Lipinski definition) is 4. The van der Waals surface area contributed by atoms with Crippen molar-refractivity contribution in [3.63, 3.8) is 0 Å². The zero-order chi connectivity index (χ0) is 15.2. The number of nitrogens with one attached hydrogen (secondary N) is 1. The Morgan fingerprint density at radius 1 is 1.19 bits per heavy atom. The number of aliphatic hydroxyl groups is 1. The first kappa shape index (κ1) is 15.4. The Balaban J connectivity index is 1.99. The molecule has 1 atom stereocenters. The van der Waals surface area contributed by atoms with Crippen LogP contribution in [-0.2, 0) is 6.54 Å². The predicted octanol–water partition coefficient (Wildman–Crippen LogP) is 3.07. The summed E-state index contributed by atoms with van der Waals surface area (Å²) in [5, 5.41) is 24.3. The van der Waals surface area contributed by atoms with Gasteiger partial charge in [-0.3, -0.25) is 10.1 Å². The van der Waals surface area contributed by atoms with Crippen LogP contribution in [0, 0.1) is 10.1 Å². The van der Waals surface area contributed by atoms with Crippen LogP contribution < -0.4 is 5.32 Å². The molecule has 0 saturated heterocycles. The van der Waals surface area contributed by atoms with E-state index in [1.165, 1.54) is 6.07 Å². The van der Waals surface area contributed by atoms with Gasteiger partial charge in [0.25, 0.3) is 5.69 Å². The largest absolute Gasteiger partial charge is 0.387 e. The molecule has 2 N–H and O–H groups in total. The average Bonchev–Trinajstić information content (AvgIpc) is 2.49. The number of hydrogen-bond donors (Lipinski definition) is 2. The highest BCUT2D eigenvalue weighted by Gasteiger charge is 2.16. The smallest absolute Gasteiger partial charge is 0.275 e. The average molecular weight is 307 g/mol. The van der Waals surface area contributed by atoms with Gasteiger partial charge in [-0.05, 0) is 11.6 Å². The van der Waals surface area contributed by atoms with E-state index in [4.69, 9.17) is 11.6 Å². The fourth-order valence-electron chi connectivity index (χ4n) is 2.02. The third-order valence-corrected chi connectivity index (χ3v) is 3.47. The molecule has 0 radical (unpaired) electrons. The minimum atomic E-state index is -0.673. The van der Waals surface area contributed by atoms with E-state index in [9.17, 15) is 15.2 Å². The van der Waals surface area contributed by atoms with E-state index in [1.54, 1.807) is 12.1 Å². The minimum absolute atomic E-state index is 0.0239. The van der Waals surface area contributed by atoms with Gasteiger partial charge in [0.2, 0.25) is 0 Å². The highest BCUT2D eigenvalue weighted by Crippen LogP contribution is 2.26. The normalized spacial score (nSPS) is 12.1. The molecule has 6 heteroatoms. The maximum atomic E-state index is 11.0. The highest BCUT2D eigenvalue weighted by molar-refractivity contribution is 6.31. The van der Waals surface area contributed by atoms with E-state index in [1.807, 2.05) is 30.3 Å². The summed E-state index contributed by atoms with van der Waals surface area (Å²) in [4.78, 5) is 10.5. The topological polar surface area (TPSA) is 75.4 Å². The van der Waals surface area contributed by atoms with Crippen molar-refractivity contribution < 1.29 is 10.0 Å². The molecule has 110 valence electrons. The Hall–Kier alpha value is -1.95. The van der Waals surface area contributed by atoms with Crippen molar-refractivity contribution in [3.8, 4) is 0 Å². The first-order valence-corrected chi connectivity index (χ1v) is 6.83. The van der Waals surface area contributed by atoms with Gasteiger partial charge >= 0.3 is 0 Å². The Morgan fingerprint density at radius 3 is 2.57 bits per heavy atom. The number of nitro benzene ring substituents is 1. The van der Waals surface area contributed by atoms with Crippen LogP contribution in [0.25, 0.3) is 0 Å². The summed E-state index contributed by atoms with van der Waals surface area (Å²) >= 11 is 6.00. The van der Waals surface area contributed by atoms with E-state index in [2.05, 4.69) is 5.32 Å². The molecule has 2 rings (SSSR count). The Morgan fingerprint density at radius 2 is 1.90 bits per heavy atom. The van der Waals surface area contributed by atoms with Crippen molar-refractivity contribution >= 4 is 17.3 Å². The molecule has 0 aliphatic heterocycles. The molecule has 0 bridgehead atoms. The fourth-order valence-corrected chi connectivity index (χ4v) is 2.26. The van der Waals surface area contributed by atoms with Crippen LogP contribution in [0.1, 0.15) is 17.2 Å². The Labute approximate surface area is 127 Å².